The Morgan fingerprint density at radius 2 is 1.81 bits per heavy atom. The minimum Gasteiger partial charge on any atom is -0.478 e. The third kappa shape index (κ3) is 3.26. The summed E-state index contributed by atoms with van der Waals surface area (Å²) in [7, 11) is 0. The molecule has 1 aromatic rings. The number of hydrogen-bond acceptors (Lipinski definition) is 6. The van der Waals surface area contributed by atoms with Crippen LogP contribution in [0.25, 0.3) is 0 Å². The molecule has 7 heteroatoms. The van der Waals surface area contributed by atoms with E-state index < -0.39 is 6.10 Å². The molecule has 0 spiro atoms. The van der Waals surface area contributed by atoms with Crippen molar-refractivity contribution in [3.63, 3.8) is 0 Å². The highest BCUT2D eigenvalue weighted by atomic mass is 32.2. The van der Waals surface area contributed by atoms with Gasteiger partial charge in [-0.1, -0.05) is 11.8 Å². The quantitative estimate of drug-likeness (QED) is 0.580. The van der Waals surface area contributed by atoms with E-state index in [2.05, 4.69) is 9.97 Å². The van der Waals surface area contributed by atoms with Gasteiger partial charge in [-0.3, -0.25) is 4.79 Å². The fourth-order valence-electron chi connectivity index (χ4n) is 5.86. The van der Waals surface area contributed by atoms with Crippen LogP contribution >= 0.6 is 11.8 Å². The van der Waals surface area contributed by atoms with Crippen molar-refractivity contribution in [2.75, 3.05) is 12.9 Å². The monoisotopic (exact) mass is 377 g/mol. The lowest BCUT2D eigenvalue weighted by atomic mass is 9.48. The zero-order valence-corrected chi connectivity index (χ0v) is 16.3. The molecule has 4 fully saturated rings. The van der Waals surface area contributed by atoms with Gasteiger partial charge in [0.1, 0.15) is 0 Å². The Bertz CT molecular complexity index is 661. The molecule has 4 bridgehead atoms. The lowest BCUT2D eigenvalue weighted by molar-refractivity contribution is -0.148. The second-order valence-electron chi connectivity index (χ2n) is 8.14. The number of amides is 1. The summed E-state index contributed by atoms with van der Waals surface area (Å²) in [6.45, 7) is 2.42. The van der Waals surface area contributed by atoms with E-state index in [0.717, 1.165) is 37.0 Å². The maximum Gasteiger partial charge on any atom is 0.259 e. The number of rotatable bonds is 7. The van der Waals surface area contributed by atoms with E-state index in [1.165, 1.54) is 31.0 Å². The number of primary amides is 1. The van der Waals surface area contributed by atoms with Gasteiger partial charge in [0.25, 0.3) is 5.91 Å². The molecule has 0 saturated heterocycles. The SMILES string of the molecule is CCOc1cc(OC(C(N)=O)C23CC4CC(CC(C4)C2)C3)nc(SC)n1. The Morgan fingerprint density at radius 3 is 2.31 bits per heavy atom. The smallest absolute Gasteiger partial charge is 0.259 e. The summed E-state index contributed by atoms with van der Waals surface area (Å²) in [5, 5.41) is 0.569. The Labute approximate surface area is 158 Å². The zero-order valence-electron chi connectivity index (χ0n) is 15.4. The Hall–Kier alpha value is -1.50. The lowest BCUT2D eigenvalue weighted by Gasteiger charge is -2.58. The average molecular weight is 378 g/mol. The number of ether oxygens (including phenoxy) is 2. The minimum absolute atomic E-state index is 0.128. The molecule has 2 N–H and O–H groups in total. The first-order valence-corrected chi connectivity index (χ1v) is 10.8. The fourth-order valence-corrected chi connectivity index (χ4v) is 6.22. The third-order valence-electron chi connectivity index (χ3n) is 6.27. The van der Waals surface area contributed by atoms with Gasteiger partial charge in [0, 0.05) is 5.41 Å². The molecule has 142 valence electrons. The molecule has 1 amide bonds. The predicted octanol–water partition coefficient (Wildman–Crippen LogP) is 3.05. The summed E-state index contributed by atoms with van der Waals surface area (Å²) in [4.78, 5) is 21.1. The second-order valence-corrected chi connectivity index (χ2v) is 8.92. The van der Waals surface area contributed by atoms with Gasteiger partial charge in [-0.05, 0) is 69.5 Å². The molecular weight excluding hydrogens is 350 g/mol. The molecular formula is C19H27N3O3S. The molecule has 0 aromatic carbocycles. The van der Waals surface area contributed by atoms with Crippen LogP contribution < -0.4 is 15.2 Å². The van der Waals surface area contributed by atoms with Crippen LogP contribution in [0.3, 0.4) is 0 Å². The maximum absolute atomic E-state index is 12.4. The summed E-state index contributed by atoms with van der Waals surface area (Å²) in [6.07, 6.45) is 8.34. The maximum atomic E-state index is 12.4. The van der Waals surface area contributed by atoms with Crippen LogP contribution in [0, 0.1) is 23.2 Å². The molecule has 1 heterocycles. The molecule has 26 heavy (non-hydrogen) atoms. The van der Waals surface area contributed by atoms with Gasteiger partial charge in [-0.2, -0.15) is 9.97 Å². The van der Waals surface area contributed by atoms with Crippen molar-refractivity contribution >= 4 is 17.7 Å². The highest BCUT2D eigenvalue weighted by Crippen LogP contribution is 2.61. The highest BCUT2D eigenvalue weighted by Gasteiger charge is 2.56. The van der Waals surface area contributed by atoms with Gasteiger partial charge >= 0.3 is 0 Å². The first-order valence-electron chi connectivity index (χ1n) is 9.53. The van der Waals surface area contributed by atoms with Crippen LogP contribution in [0.4, 0.5) is 0 Å². The number of aromatic nitrogens is 2. The van der Waals surface area contributed by atoms with E-state index in [1.807, 2.05) is 13.2 Å². The van der Waals surface area contributed by atoms with E-state index >= 15 is 0 Å². The largest absolute Gasteiger partial charge is 0.478 e. The summed E-state index contributed by atoms with van der Waals surface area (Å²) in [6, 6.07) is 1.67. The van der Waals surface area contributed by atoms with E-state index in [4.69, 9.17) is 15.2 Å². The normalized spacial score (nSPS) is 33.1. The molecule has 6 nitrogen and oxygen atoms in total. The van der Waals surface area contributed by atoms with Crippen LogP contribution in [-0.2, 0) is 4.79 Å². The first-order chi connectivity index (χ1) is 12.5. The van der Waals surface area contributed by atoms with Gasteiger partial charge < -0.3 is 15.2 Å². The van der Waals surface area contributed by atoms with Crippen molar-refractivity contribution in [3.8, 4) is 11.8 Å². The molecule has 1 unspecified atom stereocenters. The summed E-state index contributed by atoms with van der Waals surface area (Å²) < 4.78 is 11.7. The standard InChI is InChI=1S/C19H27N3O3S/c1-3-24-14-7-15(22-18(21-14)26-2)25-16(17(20)23)19-8-11-4-12(9-19)6-13(5-11)10-19/h7,11-13,16H,3-6,8-10H2,1-2H3,(H2,20,23). The number of thioether (sulfide) groups is 1. The summed E-state index contributed by atoms with van der Waals surface area (Å²) >= 11 is 1.42. The molecule has 5 rings (SSSR count). The van der Waals surface area contributed by atoms with Crippen molar-refractivity contribution in [2.24, 2.45) is 28.9 Å². The Morgan fingerprint density at radius 1 is 1.23 bits per heavy atom. The number of nitrogens with zero attached hydrogens (tertiary/aromatic N) is 2. The minimum atomic E-state index is -0.630. The number of carbonyl (C=O) groups is 1. The Kier molecular flexibility index (Phi) is 4.75. The second kappa shape index (κ2) is 6.91. The molecule has 0 aliphatic heterocycles. The fraction of sp³-hybridized carbons (Fsp3) is 0.737. The van der Waals surface area contributed by atoms with Gasteiger partial charge in [0.15, 0.2) is 11.3 Å². The average Bonchev–Trinajstić information content (AvgIpc) is 2.58. The summed E-state index contributed by atoms with van der Waals surface area (Å²) in [5.41, 5.74) is 5.70. The van der Waals surface area contributed by atoms with Gasteiger partial charge in [-0.15, -0.1) is 0 Å². The van der Waals surface area contributed by atoms with Crippen LogP contribution in [0.2, 0.25) is 0 Å². The topological polar surface area (TPSA) is 87.3 Å². The predicted molar refractivity (Wildman–Crippen MR) is 99.2 cm³/mol. The van der Waals surface area contributed by atoms with Crippen LogP contribution in [0.5, 0.6) is 11.8 Å². The van der Waals surface area contributed by atoms with E-state index in [-0.39, 0.29) is 11.3 Å². The van der Waals surface area contributed by atoms with Crippen molar-refractivity contribution in [1.82, 2.24) is 9.97 Å². The third-order valence-corrected chi connectivity index (χ3v) is 6.82. The van der Waals surface area contributed by atoms with Crippen molar-refractivity contribution in [2.45, 2.75) is 56.7 Å². The van der Waals surface area contributed by atoms with Crippen molar-refractivity contribution in [1.29, 1.82) is 0 Å². The molecule has 4 aliphatic rings. The van der Waals surface area contributed by atoms with E-state index in [0.29, 0.717) is 23.5 Å². The highest BCUT2D eigenvalue weighted by molar-refractivity contribution is 7.98. The molecule has 1 aromatic heterocycles. The number of carbonyl (C=O) groups excluding carboxylic acids is 1. The van der Waals surface area contributed by atoms with Gasteiger partial charge in [-0.25, -0.2) is 0 Å². The number of hydrogen-bond donors (Lipinski definition) is 1. The number of nitrogens with two attached hydrogens (primary N) is 1. The molecule has 4 aliphatic carbocycles. The van der Waals surface area contributed by atoms with Crippen LogP contribution in [0.15, 0.2) is 11.2 Å². The van der Waals surface area contributed by atoms with Gasteiger partial charge in [0.05, 0.1) is 12.7 Å². The molecule has 4 saturated carbocycles. The lowest BCUT2D eigenvalue weighted by Crippen LogP contribution is -2.57. The van der Waals surface area contributed by atoms with Crippen LogP contribution in [-0.4, -0.2) is 34.8 Å². The van der Waals surface area contributed by atoms with Gasteiger partial charge in [0.2, 0.25) is 11.8 Å². The zero-order chi connectivity index (χ0) is 18.3. The van der Waals surface area contributed by atoms with E-state index in [1.54, 1.807) is 6.07 Å². The molecule has 1 atom stereocenters. The van der Waals surface area contributed by atoms with Crippen molar-refractivity contribution in [3.05, 3.63) is 6.07 Å². The first kappa shape index (κ1) is 17.9. The summed E-state index contributed by atoms with van der Waals surface area (Å²) in [5.74, 6) is 2.63. The van der Waals surface area contributed by atoms with Crippen molar-refractivity contribution < 1.29 is 14.3 Å². The van der Waals surface area contributed by atoms with Crippen LogP contribution in [0.1, 0.15) is 45.4 Å². The molecule has 0 radical (unpaired) electrons. The Balaban J connectivity index is 1.62. The van der Waals surface area contributed by atoms with E-state index in [9.17, 15) is 4.79 Å².